The van der Waals surface area contributed by atoms with E-state index in [9.17, 15) is 8.78 Å². The van der Waals surface area contributed by atoms with Crippen LogP contribution in [-0.2, 0) is 0 Å². The summed E-state index contributed by atoms with van der Waals surface area (Å²) in [4.78, 5) is 6.59. The molecule has 1 aliphatic rings. The topological polar surface area (TPSA) is 72.7 Å². The van der Waals surface area contributed by atoms with Crippen LogP contribution in [0.2, 0.25) is 0 Å². The molecule has 1 atom stereocenters. The number of nitrogens with zero attached hydrogens (tertiary/aromatic N) is 3. The Kier molecular flexibility index (Phi) is 8.16. The number of benzene rings is 1. The van der Waals surface area contributed by atoms with E-state index in [2.05, 4.69) is 25.1 Å². The van der Waals surface area contributed by atoms with E-state index in [0.29, 0.717) is 18.3 Å². The van der Waals surface area contributed by atoms with Crippen molar-refractivity contribution in [3.05, 3.63) is 35.5 Å². The van der Waals surface area contributed by atoms with E-state index in [1.54, 1.807) is 31.2 Å². The first-order valence-electron chi connectivity index (χ1n) is 8.71. The minimum absolute atomic E-state index is 0. The molecule has 0 bridgehead atoms. The lowest BCUT2D eigenvalue weighted by Gasteiger charge is -2.30. The summed E-state index contributed by atoms with van der Waals surface area (Å²) in [5.41, 5.74) is 0.733. The van der Waals surface area contributed by atoms with Crippen LogP contribution >= 0.6 is 12.4 Å². The molecule has 28 heavy (non-hydrogen) atoms. The number of halogens is 3. The van der Waals surface area contributed by atoms with Crippen LogP contribution in [0.4, 0.5) is 8.78 Å². The average Bonchev–Trinajstić information content (AvgIpc) is 3.11. The second-order valence-corrected chi connectivity index (χ2v) is 6.04. The molecule has 0 radical (unpaired) electrons. The Balaban J connectivity index is 0.00000280. The molecule has 154 valence electrons. The zero-order chi connectivity index (χ0) is 19.2. The summed E-state index contributed by atoms with van der Waals surface area (Å²) in [5, 5.41) is 7.36. The highest BCUT2D eigenvalue weighted by Gasteiger charge is 2.24. The van der Waals surface area contributed by atoms with Crippen LogP contribution in [0.15, 0.2) is 22.7 Å². The van der Waals surface area contributed by atoms with Crippen molar-refractivity contribution < 1.29 is 22.8 Å². The van der Waals surface area contributed by atoms with Gasteiger partial charge in [0.25, 0.3) is 5.89 Å². The maximum Gasteiger partial charge on any atom is 0.387 e. The number of likely N-dealkylation sites (N-methyl/N-ethyl adjacent to an activating group) is 1. The van der Waals surface area contributed by atoms with Crippen molar-refractivity contribution in [2.75, 3.05) is 33.3 Å². The molecule has 1 fully saturated rings. The van der Waals surface area contributed by atoms with Gasteiger partial charge >= 0.3 is 6.61 Å². The van der Waals surface area contributed by atoms with E-state index < -0.39 is 6.61 Å². The second-order valence-electron chi connectivity index (χ2n) is 6.04. The lowest BCUT2D eigenvalue weighted by molar-refractivity contribution is -0.0514. The quantitative estimate of drug-likeness (QED) is 0.742. The Labute approximate surface area is 168 Å². The monoisotopic (exact) mass is 416 g/mol. The fourth-order valence-corrected chi connectivity index (χ4v) is 2.80. The summed E-state index contributed by atoms with van der Waals surface area (Å²) >= 11 is 0. The number of ether oxygens (including phenoxy) is 2. The molecule has 1 aliphatic heterocycles. The molecule has 10 heteroatoms. The van der Waals surface area contributed by atoms with E-state index >= 15 is 0 Å². The van der Waals surface area contributed by atoms with Crippen molar-refractivity contribution in [1.29, 1.82) is 0 Å². The molecule has 1 N–H and O–H groups in total. The lowest BCUT2D eigenvalue weighted by atomic mass is 10.2. The Morgan fingerprint density at radius 3 is 2.89 bits per heavy atom. The first kappa shape index (κ1) is 22.1. The maximum atomic E-state index is 12.5. The van der Waals surface area contributed by atoms with Gasteiger partial charge in [-0.25, -0.2) is 0 Å². The van der Waals surface area contributed by atoms with Gasteiger partial charge in [0.15, 0.2) is 17.3 Å². The molecule has 3 rings (SSSR count). The number of alkyl halides is 2. The normalized spacial score (nSPS) is 17.7. The van der Waals surface area contributed by atoms with E-state index in [1.165, 1.54) is 6.07 Å². The fourth-order valence-electron chi connectivity index (χ4n) is 2.80. The molecular formula is C18H23ClF2N4O3. The Morgan fingerprint density at radius 1 is 1.36 bits per heavy atom. The molecule has 1 aromatic carbocycles. The molecule has 0 spiro atoms. The molecule has 7 nitrogen and oxygen atoms in total. The maximum absolute atomic E-state index is 12.5. The van der Waals surface area contributed by atoms with Gasteiger partial charge in [-0.3, -0.25) is 4.90 Å². The molecule has 1 unspecified atom stereocenters. The van der Waals surface area contributed by atoms with Crippen molar-refractivity contribution >= 4 is 24.6 Å². The van der Waals surface area contributed by atoms with E-state index in [1.807, 2.05) is 7.05 Å². The highest BCUT2D eigenvalue weighted by atomic mass is 35.5. The minimum atomic E-state index is -2.91. The summed E-state index contributed by atoms with van der Waals surface area (Å²) < 4.78 is 40.1. The highest BCUT2D eigenvalue weighted by molar-refractivity contribution is 5.85. The molecule has 0 aliphatic carbocycles. The fraction of sp³-hybridized carbons (Fsp3) is 0.444. The van der Waals surface area contributed by atoms with Crippen LogP contribution in [0.25, 0.3) is 12.2 Å². The zero-order valence-electron chi connectivity index (χ0n) is 15.6. The second kappa shape index (κ2) is 10.4. The number of hydrogen-bond donors (Lipinski definition) is 1. The standard InChI is InChI=1S/C18H22F2N4O3.ClH/c1-3-25-15-10-12(4-6-14(15)26-18(19)20)5-7-16-22-17(23-27-16)13-11-21-8-9-24(13)2;/h4-7,10,13,18,21H,3,8-9,11H2,1-2H3;1H/b7-5+;. The number of rotatable bonds is 7. The van der Waals surface area contributed by atoms with Gasteiger partial charge in [-0.15, -0.1) is 12.4 Å². The zero-order valence-corrected chi connectivity index (χ0v) is 16.4. The van der Waals surface area contributed by atoms with Crippen molar-refractivity contribution in [1.82, 2.24) is 20.4 Å². The van der Waals surface area contributed by atoms with Gasteiger partial charge < -0.3 is 19.3 Å². The first-order chi connectivity index (χ1) is 13.1. The first-order valence-corrected chi connectivity index (χ1v) is 8.71. The third kappa shape index (κ3) is 5.63. The summed E-state index contributed by atoms with van der Waals surface area (Å²) in [7, 11) is 2.02. The highest BCUT2D eigenvalue weighted by Crippen LogP contribution is 2.30. The predicted molar refractivity (Wildman–Crippen MR) is 103 cm³/mol. The van der Waals surface area contributed by atoms with Crippen LogP contribution < -0.4 is 14.8 Å². The number of hydrogen-bond acceptors (Lipinski definition) is 7. The van der Waals surface area contributed by atoms with Crippen molar-refractivity contribution in [2.45, 2.75) is 19.6 Å². The molecule has 0 amide bonds. The minimum Gasteiger partial charge on any atom is -0.490 e. The molecule has 1 aromatic heterocycles. The summed E-state index contributed by atoms with van der Waals surface area (Å²) in [6.45, 7) is 1.81. The number of aromatic nitrogens is 2. The van der Waals surface area contributed by atoms with Crippen LogP contribution in [0.1, 0.15) is 30.2 Å². The summed E-state index contributed by atoms with van der Waals surface area (Å²) in [6, 6.07) is 4.78. The SMILES string of the molecule is CCOc1cc(/C=C/c2nc(C3CNCCN3C)no2)ccc1OC(F)F.Cl. The molecule has 1 saturated heterocycles. The van der Waals surface area contributed by atoms with Crippen molar-refractivity contribution in [2.24, 2.45) is 0 Å². The third-order valence-corrected chi connectivity index (χ3v) is 4.17. The molecule has 2 aromatic rings. The van der Waals surface area contributed by atoms with E-state index in [-0.39, 0.29) is 29.9 Å². The van der Waals surface area contributed by atoms with Gasteiger partial charge in [-0.1, -0.05) is 11.2 Å². The average molecular weight is 417 g/mol. The number of piperazine rings is 1. The molecule has 0 saturated carbocycles. The van der Waals surface area contributed by atoms with Crippen molar-refractivity contribution in [3.8, 4) is 11.5 Å². The van der Waals surface area contributed by atoms with Crippen LogP contribution in [-0.4, -0.2) is 54.9 Å². The van der Waals surface area contributed by atoms with Gasteiger partial charge in [-0.05, 0) is 37.7 Å². The number of nitrogens with one attached hydrogen (secondary N) is 1. The van der Waals surface area contributed by atoms with Crippen molar-refractivity contribution in [3.63, 3.8) is 0 Å². The van der Waals surface area contributed by atoms with Gasteiger partial charge in [-0.2, -0.15) is 13.8 Å². The predicted octanol–water partition coefficient (Wildman–Crippen LogP) is 3.24. The van der Waals surface area contributed by atoms with Crippen LogP contribution in [0, 0.1) is 0 Å². The summed E-state index contributed by atoms with van der Waals surface area (Å²) in [5.74, 6) is 1.24. The van der Waals surface area contributed by atoms with E-state index in [4.69, 9.17) is 9.26 Å². The molecule has 2 heterocycles. The van der Waals surface area contributed by atoms with Gasteiger partial charge in [0, 0.05) is 25.7 Å². The van der Waals surface area contributed by atoms with Gasteiger partial charge in [0.05, 0.1) is 12.6 Å². The third-order valence-electron chi connectivity index (χ3n) is 4.17. The largest absolute Gasteiger partial charge is 0.490 e. The Bertz CT molecular complexity index is 788. The Hall–Kier alpha value is -2.23. The van der Waals surface area contributed by atoms with Crippen LogP contribution in [0.3, 0.4) is 0 Å². The summed E-state index contributed by atoms with van der Waals surface area (Å²) in [6.07, 6.45) is 3.42. The Morgan fingerprint density at radius 2 is 2.18 bits per heavy atom. The molecular weight excluding hydrogens is 394 g/mol. The van der Waals surface area contributed by atoms with E-state index in [0.717, 1.165) is 25.2 Å². The van der Waals surface area contributed by atoms with Gasteiger partial charge in [0.2, 0.25) is 0 Å². The smallest absolute Gasteiger partial charge is 0.387 e. The lowest BCUT2D eigenvalue weighted by Crippen LogP contribution is -2.44. The van der Waals surface area contributed by atoms with Gasteiger partial charge in [0.1, 0.15) is 0 Å². The van der Waals surface area contributed by atoms with Crippen LogP contribution in [0.5, 0.6) is 11.5 Å².